The zero-order valence-corrected chi connectivity index (χ0v) is 9.63. The van der Waals surface area contributed by atoms with Crippen LogP contribution < -0.4 is 10.5 Å². The van der Waals surface area contributed by atoms with Crippen molar-refractivity contribution in [1.29, 1.82) is 0 Å². The molecule has 92 valence electrons. The molecule has 7 heteroatoms. The van der Waals surface area contributed by atoms with Gasteiger partial charge in [-0.25, -0.2) is 17.9 Å². The second-order valence-corrected chi connectivity index (χ2v) is 5.50. The lowest BCUT2D eigenvalue weighted by molar-refractivity contribution is 0.0947. The van der Waals surface area contributed by atoms with Gasteiger partial charge in [-0.3, -0.25) is 4.79 Å². The summed E-state index contributed by atoms with van der Waals surface area (Å²) >= 11 is 0. The predicted molar refractivity (Wildman–Crippen MR) is 58.3 cm³/mol. The fourth-order valence-electron chi connectivity index (χ4n) is 1.35. The van der Waals surface area contributed by atoms with Crippen molar-refractivity contribution in [1.82, 2.24) is 5.32 Å². The van der Waals surface area contributed by atoms with Gasteiger partial charge in [0.15, 0.2) is 0 Å². The van der Waals surface area contributed by atoms with Crippen LogP contribution in [0.3, 0.4) is 0 Å². The third kappa shape index (κ3) is 2.80. The van der Waals surface area contributed by atoms with Crippen molar-refractivity contribution in [2.24, 2.45) is 5.14 Å². The fourth-order valence-corrected chi connectivity index (χ4v) is 1.87. The van der Waals surface area contributed by atoms with Crippen LogP contribution in [0.25, 0.3) is 0 Å². The van der Waals surface area contributed by atoms with Crippen LogP contribution >= 0.6 is 0 Å². The van der Waals surface area contributed by atoms with E-state index in [1.165, 1.54) is 0 Å². The molecule has 1 aromatic carbocycles. The molecule has 1 aromatic rings. The minimum absolute atomic E-state index is 0.111. The first-order valence-electron chi connectivity index (χ1n) is 5.01. The van der Waals surface area contributed by atoms with Crippen molar-refractivity contribution in [2.45, 2.75) is 23.8 Å². The van der Waals surface area contributed by atoms with Crippen LogP contribution in [0.5, 0.6) is 0 Å². The highest BCUT2D eigenvalue weighted by Gasteiger charge is 2.25. The van der Waals surface area contributed by atoms with Crippen molar-refractivity contribution in [3.63, 3.8) is 0 Å². The summed E-state index contributed by atoms with van der Waals surface area (Å²) in [4.78, 5) is 11.2. The third-order valence-corrected chi connectivity index (χ3v) is 3.34. The van der Waals surface area contributed by atoms with Gasteiger partial charge in [0, 0.05) is 6.04 Å². The molecule has 1 aliphatic rings. The van der Waals surface area contributed by atoms with Gasteiger partial charge in [-0.2, -0.15) is 0 Å². The van der Waals surface area contributed by atoms with Gasteiger partial charge in [0.25, 0.3) is 5.91 Å². The van der Waals surface area contributed by atoms with Crippen molar-refractivity contribution in [3.05, 3.63) is 29.6 Å². The van der Waals surface area contributed by atoms with Gasteiger partial charge in [0.2, 0.25) is 10.0 Å². The molecule has 0 bridgehead atoms. The predicted octanol–water partition coefficient (Wildman–Crippen LogP) is 0.365. The smallest absolute Gasteiger partial charge is 0.254 e. The molecular weight excluding hydrogens is 247 g/mol. The SMILES string of the molecule is NS(=O)(=O)c1ccc(C(=O)NC2CC2)c(F)c1. The summed E-state index contributed by atoms with van der Waals surface area (Å²) in [5, 5.41) is 7.46. The number of hydrogen-bond donors (Lipinski definition) is 2. The number of nitrogens with two attached hydrogens (primary N) is 1. The summed E-state index contributed by atoms with van der Waals surface area (Å²) in [6.45, 7) is 0. The topological polar surface area (TPSA) is 89.3 Å². The monoisotopic (exact) mass is 258 g/mol. The molecule has 1 fully saturated rings. The summed E-state index contributed by atoms with van der Waals surface area (Å²) in [6, 6.07) is 3.09. The standard InChI is InChI=1S/C10H11FN2O3S/c11-9-5-7(17(12,15)16)3-4-8(9)10(14)13-6-1-2-6/h3-6H,1-2H2,(H,13,14)(H2,12,15,16). The Kier molecular flexibility index (Phi) is 2.88. The van der Waals surface area contributed by atoms with Gasteiger partial charge >= 0.3 is 0 Å². The van der Waals surface area contributed by atoms with E-state index in [4.69, 9.17) is 5.14 Å². The van der Waals surface area contributed by atoms with Gasteiger partial charge in [-0.1, -0.05) is 0 Å². The number of sulfonamides is 1. The Balaban J connectivity index is 2.27. The summed E-state index contributed by atoms with van der Waals surface area (Å²) in [5.74, 6) is -1.43. The number of nitrogens with one attached hydrogen (secondary N) is 1. The van der Waals surface area contributed by atoms with E-state index < -0.39 is 21.7 Å². The molecule has 0 unspecified atom stereocenters. The molecule has 0 spiro atoms. The molecule has 1 saturated carbocycles. The molecule has 3 N–H and O–H groups in total. The Morgan fingerprint density at radius 3 is 2.53 bits per heavy atom. The maximum Gasteiger partial charge on any atom is 0.254 e. The van der Waals surface area contributed by atoms with Crippen LogP contribution in [-0.4, -0.2) is 20.4 Å². The fraction of sp³-hybridized carbons (Fsp3) is 0.300. The summed E-state index contributed by atoms with van der Waals surface area (Å²) in [6.07, 6.45) is 1.78. The molecule has 1 amide bonds. The summed E-state index contributed by atoms with van der Waals surface area (Å²) in [7, 11) is -3.95. The van der Waals surface area contributed by atoms with E-state index in [0.29, 0.717) is 0 Å². The Bertz CT molecular complexity index is 567. The molecule has 2 rings (SSSR count). The second kappa shape index (κ2) is 4.08. The number of hydrogen-bond acceptors (Lipinski definition) is 3. The first-order valence-corrected chi connectivity index (χ1v) is 6.56. The van der Waals surface area contributed by atoms with Crippen LogP contribution in [0.15, 0.2) is 23.1 Å². The molecule has 0 atom stereocenters. The number of rotatable bonds is 3. The molecule has 0 heterocycles. The van der Waals surface area contributed by atoms with Gasteiger partial charge in [0.05, 0.1) is 10.5 Å². The molecule has 0 aromatic heterocycles. The lowest BCUT2D eigenvalue weighted by atomic mass is 10.2. The number of carbonyl (C=O) groups is 1. The highest BCUT2D eigenvalue weighted by Crippen LogP contribution is 2.20. The number of amides is 1. The molecule has 1 aliphatic carbocycles. The Labute approximate surface area is 97.9 Å². The van der Waals surface area contributed by atoms with Crippen molar-refractivity contribution in [2.75, 3.05) is 0 Å². The molecule has 0 radical (unpaired) electrons. The molecule has 17 heavy (non-hydrogen) atoms. The highest BCUT2D eigenvalue weighted by atomic mass is 32.2. The Morgan fingerprint density at radius 2 is 2.06 bits per heavy atom. The van der Waals surface area contributed by atoms with E-state index in [1.54, 1.807) is 0 Å². The lowest BCUT2D eigenvalue weighted by Crippen LogP contribution is -2.26. The summed E-state index contributed by atoms with van der Waals surface area (Å²) < 4.78 is 35.5. The minimum Gasteiger partial charge on any atom is -0.349 e. The van der Waals surface area contributed by atoms with Crippen LogP contribution in [0, 0.1) is 5.82 Å². The van der Waals surface area contributed by atoms with E-state index in [-0.39, 0.29) is 16.5 Å². The molecule has 0 saturated heterocycles. The van der Waals surface area contributed by atoms with Crippen LogP contribution in [0.4, 0.5) is 4.39 Å². The molecule has 0 aliphatic heterocycles. The first-order chi connectivity index (χ1) is 7.88. The van der Waals surface area contributed by atoms with E-state index in [9.17, 15) is 17.6 Å². The van der Waals surface area contributed by atoms with E-state index in [0.717, 1.165) is 31.0 Å². The number of primary sulfonamides is 1. The van der Waals surface area contributed by atoms with E-state index >= 15 is 0 Å². The largest absolute Gasteiger partial charge is 0.349 e. The maximum atomic E-state index is 13.5. The van der Waals surface area contributed by atoms with Crippen LogP contribution in [0.1, 0.15) is 23.2 Å². The quantitative estimate of drug-likeness (QED) is 0.820. The van der Waals surface area contributed by atoms with Gasteiger partial charge in [0.1, 0.15) is 5.82 Å². The van der Waals surface area contributed by atoms with Crippen molar-refractivity contribution >= 4 is 15.9 Å². The number of halogens is 1. The minimum atomic E-state index is -3.95. The number of benzene rings is 1. The van der Waals surface area contributed by atoms with Crippen molar-refractivity contribution in [3.8, 4) is 0 Å². The highest BCUT2D eigenvalue weighted by molar-refractivity contribution is 7.89. The average Bonchev–Trinajstić information content (AvgIpc) is 2.99. The maximum absolute atomic E-state index is 13.5. The summed E-state index contributed by atoms with van der Waals surface area (Å²) in [5.41, 5.74) is -0.177. The van der Waals surface area contributed by atoms with Gasteiger partial charge in [-0.05, 0) is 31.0 Å². The van der Waals surface area contributed by atoms with Crippen LogP contribution in [0.2, 0.25) is 0 Å². The zero-order chi connectivity index (χ0) is 12.6. The van der Waals surface area contributed by atoms with Crippen LogP contribution in [-0.2, 0) is 10.0 Å². The zero-order valence-electron chi connectivity index (χ0n) is 8.81. The Hall–Kier alpha value is -1.47. The van der Waals surface area contributed by atoms with Crippen molar-refractivity contribution < 1.29 is 17.6 Å². The normalized spacial score (nSPS) is 15.6. The van der Waals surface area contributed by atoms with Gasteiger partial charge < -0.3 is 5.32 Å². The number of carbonyl (C=O) groups excluding carboxylic acids is 1. The van der Waals surface area contributed by atoms with Gasteiger partial charge in [-0.15, -0.1) is 0 Å². The first kappa shape index (κ1) is 12.0. The van der Waals surface area contributed by atoms with E-state index in [2.05, 4.69) is 5.32 Å². The second-order valence-electron chi connectivity index (χ2n) is 3.93. The molecule has 5 nitrogen and oxygen atoms in total. The molecular formula is C10H11FN2O3S. The Morgan fingerprint density at radius 1 is 1.41 bits per heavy atom. The lowest BCUT2D eigenvalue weighted by Gasteiger charge is -2.05. The average molecular weight is 258 g/mol. The van der Waals surface area contributed by atoms with E-state index in [1.807, 2.05) is 0 Å². The third-order valence-electron chi connectivity index (χ3n) is 2.43.